The number of hydrogen-bond acceptors (Lipinski definition) is 2. The minimum absolute atomic E-state index is 0.207. The quantitative estimate of drug-likeness (QED) is 0.839. The highest BCUT2D eigenvalue weighted by molar-refractivity contribution is 5.74. The lowest BCUT2D eigenvalue weighted by Gasteiger charge is -2.39. The standard InChI is InChI=1S/C11H18F3NO2/c1-10(2,9(16)17)8-4-3-5-15(6-8)7-11(12,13)14/h8H,3-7H2,1-2H3,(H,16,17). The van der Waals surface area contributed by atoms with Gasteiger partial charge in [0.25, 0.3) is 0 Å². The zero-order valence-electron chi connectivity index (χ0n) is 10.0. The van der Waals surface area contributed by atoms with Gasteiger partial charge in [-0.15, -0.1) is 0 Å². The van der Waals surface area contributed by atoms with Gasteiger partial charge in [-0.05, 0) is 39.2 Å². The predicted molar refractivity (Wildman–Crippen MR) is 56.6 cm³/mol. The zero-order chi connectivity index (χ0) is 13.3. The molecule has 0 aromatic rings. The number of piperidine rings is 1. The molecule has 0 radical (unpaired) electrons. The van der Waals surface area contributed by atoms with Crippen molar-refractivity contribution in [2.24, 2.45) is 11.3 Å². The lowest BCUT2D eigenvalue weighted by molar-refractivity contribution is -0.158. The number of aliphatic carboxylic acids is 1. The smallest absolute Gasteiger partial charge is 0.401 e. The molecule has 0 aromatic heterocycles. The summed E-state index contributed by atoms with van der Waals surface area (Å²) >= 11 is 0. The number of carboxylic acid groups (broad SMARTS) is 1. The largest absolute Gasteiger partial charge is 0.481 e. The fourth-order valence-corrected chi connectivity index (χ4v) is 2.22. The van der Waals surface area contributed by atoms with E-state index >= 15 is 0 Å². The van der Waals surface area contributed by atoms with Crippen LogP contribution in [-0.2, 0) is 4.79 Å². The van der Waals surface area contributed by atoms with Gasteiger partial charge in [-0.1, -0.05) is 0 Å². The lowest BCUT2D eigenvalue weighted by atomic mass is 9.74. The first-order chi connectivity index (χ1) is 7.63. The Labute approximate surface area is 98.6 Å². The molecule has 1 atom stereocenters. The number of hydrogen-bond donors (Lipinski definition) is 1. The van der Waals surface area contributed by atoms with Crippen LogP contribution in [0.1, 0.15) is 26.7 Å². The maximum atomic E-state index is 12.3. The number of nitrogens with zero attached hydrogens (tertiary/aromatic N) is 1. The molecule has 1 aliphatic heterocycles. The van der Waals surface area contributed by atoms with Crippen LogP contribution in [0.25, 0.3) is 0 Å². The average molecular weight is 253 g/mol. The number of carbonyl (C=O) groups is 1. The Bertz CT molecular complexity index is 289. The van der Waals surface area contributed by atoms with Crippen molar-refractivity contribution >= 4 is 5.97 Å². The van der Waals surface area contributed by atoms with Crippen molar-refractivity contribution in [2.75, 3.05) is 19.6 Å². The van der Waals surface area contributed by atoms with E-state index in [1.807, 2.05) is 0 Å². The van der Waals surface area contributed by atoms with Crippen LogP contribution in [0.2, 0.25) is 0 Å². The van der Waals surface area contributed by atoms with Crippen molar-refractivity contribution in [3.63, 3.8) is 0 Å². The molecule has 1 N–H and O–H groups in total. The fraction of sp³-hybridized carbons (Fsp3) is 0.909. The van der Waals surface area contributed by atoms with Crippen LogP contribution >= 0.6 is 0 Å². The minimum Gasteiger partial charge on any atom is -0.481 e. The average Bonchev–Trinajstić information content (AvgIpc) is 2.15. The first-order valence-electron chi connectivity index (χ1n) is 5.65. The SMILES string of the molecule is CC(C)(C(=O)O)C1CCCN(CC(F)(F)F)C1. The molecule has 0 aromatic carbocycles. The van der Waals surface area contributed by atoms with Gasteiger partial charge < -0.3 is 5.11 Å². The molecule has 1 aliphatic rings. The summed E-state index contributed by atoms with van der Waals surface area (Å²) in [7, 11) is 0. The van der Waals surface area contributed by atoms with E-state index in [9.17, 15) is 18.0 Å². The molecule has 1 rings (SSSR count). The Morgan fingerprint density at radius 2 is 2.00 bits per heavy atom. The van der Waals surface area contributed by atoms with E-state index in [2.05, 4.69) is 0 Å². The molecule has 0 saturated carbocycles. The van der Waals surface area contributed by atoms with E-state index < -0.39 is 24.1 Å². The van der Waals surface area contributed by atoms with Gasteiger partial charge >= 0.3 is 12.1 Å². The summed E-state index contributed by atoms with van der Waals surface area (Å²) in [6.45, 7) is 2.82. The van der Waals surface area contributed by atoms with Crippen molar-refractivity contribution in [1.82, 2.24) is 4.90 Å². The number of halogens is 3. The molecule has 17 heavy (non-hydrogen) atoms. The predicted octanol–water partition coefficient (Wildman–Crippen LogP) is 2.37. The molecular weight excluding hydrogens is 235 g/mol. The molecule has 6 heteroatoms. The summed E-state index contributed by atoms with van der Waals surface area (Å²) in [6, 6.07) is 0. The van der Waals surface area contributed by atoms with E-state index in [0.717, 1.165) is 0 Å². The normalized spacial score (nSPS) is 23.7. The maximum Gasteiger partial charge on any atom is 0.401 e. The van der Waals surface area contributed by atoms with E-state index in [-0.39, 0.29) is 12.5 Å². The van der Waals surface area contributed by atoms with E-state index in [0.29, 0.717) is 19.4 Å². The molecule has 0 spiro atoms. The highest BCUT2D eigenvalue weighted by Crippen LogP contribution is 2.34. The molecule has 3 nitrogen and oxygen atoms in total. The van der Waals surface area contributed by atoms with Crippen molar-refractivity contribution < 1.29 is 23.1 Å². The van der Waals surface area contributed by atoms with Crippen LogP contribution in [0.5, 0.6) is 0 Å². The second-order valence-corrected chi connectivity index (χ2v) is 5.22. The maximum absolute atomic E-state index is 12.3. The summed E-state index contributed by atoms with van der Waals surface area (Å²) in [4.78, 5) is 12.4. The molecule has 0 aliphatic carbocycles. The third kappa shape index (κ3) is 3.87. The van der Waals surface area contributed by atoms with Crippen LogP contribution in [0.3, 0.4) is 0 Å². The van der Waals surface area contributed by atoms with Crippen molar-refractivity contribution in [3.8, 4) is 0 Å². The first-order valence-corrected chi connectivity index (χ1v) is 5.65. The number of alkyl halides is 3. The van der Waals surface area contributed by atoms with E-state index in [4.69, 9.17) is 5.11 Å². The Morgan fingerprint density at radius 1 is 1.41 bits per heavy atom. The summed E-state index contributed by atoms with van der Waals surface area (Å²) in [5.74, 6) is -1.17. The Morgan fingerprint density at radius 3 is 2.47 bits per heavy atom. The van der Waals surface area contributed by atoms with Crippen LogP contribution in [0, 0.1) is 11.3 Å². The van der Waals surface area contributed by atoms with Crippen LogP contribution in [0.15, 0.2) is 0 Å². The van der Waals surface area contributed by atoms with Crippen LogP contribution < -0.4 is 0 Å². The summed E-state index contributed by atoms with van der Waals surface area (Å²) < 4.78 is 36.8. The molecule has 100 valence electrons. The summed E-state index contributed by atoms with van der Waals surface area (Å²) in [5, 5.41) is 9.07. The van der Waals surface area contributed by atoms with Gasteiger partial charge in [0.15, 0.2) is 0 Å². The van der Waals surface area contributed by atoms with Crippen molar-refractivity contribution in [3.05, 3.63) is 0 Å². The molecule has 1 unspecified atom stereocenters. The van der Waals surface area contributed by atoms with Gasteiger partial charge in [0.05, 0.1) is 12.0 Å². The molecule has 1 fully saturated rings. The molecule has 1 heterocycles. The highest BCUT2D eigenvalue weighted by Gasteiger charge is 2.41. The first kappa shape index (κ1) is 14.3. The van der Waals surface area contributed by atoms with Gasteiger partial charge in [-0.2, -0.15) is 13.2 Å². The van der Waals surface area contributed by atoms with Gasteiger partial charge in [0, 0.05) is 6.54 Å². The number of likely N-dealkylation sites (tertiary alicyclic amines) is 1. The molecular formula is C11H18F3NO2. The topological polar surface area (TPSA) is 40.5 Å². The molecule has 1 saturated heterocycles. The van der Waals surface area contributed by atoms with E-state index in [1.54, 1.807) is 13.8 Å². The Kier molecular flexibility index (Phi) is 4.06. The van der Waals surface area contributed by atoms with Crippen molar-refractivity contribution in [1.29, 1.82) is 0 Å². The molecule has 0 amide bonds. The summed E-state index contributed by atoms with van der Waals surface area (Å²) in [6.07, 6.45) is -2.92. The van der Waals surface area contributed by atoms with Gasteiger partial charge in [-0.25, -0.2) is 0 Å². The summed E-state index contributed by atoms with van der Waals surface area (Å²) in [5.41, 5.74) is -0.968. The number of carboxylic acids is 1. The highest BCUT2D eigenvalue weighted by atomic mass is 19.4. The van der Waals surface area contributed by atoms with Gasteiger partial charge in [-0.3, -0.25) is 9.69 Å². The van der Waals surface area contributed by atoms with Gasteiger partial charge in [0.1, 0.15) is 0 Å². The fourth-order valence-electron chi connectivity index (χ4n) is 2.22. The minimum atomic E-state index is -4.21. The van der Waals surface area contributed by atoms with Gasteiger partial charge in [0.2, 0.25) is 0 Å². The van der Waals surface area contributed by atoms with Crippen LogP contribution in [-0.4, -0.2) is 41.8 Å². The zero-order valence-corrected chi connectivity index (χ0v) is 10.0. The number of rotatable bonds is 3. The lowest BCUT2D eigenvalue weighted by Crippen LogP contribution is -2.47. The van der Waals surface area contributed by atoms with E-state index in [1.165, 1.54) is 4.90 Å². The second kappa shape index (κ2) is 4.84. The monoisotopic (exact) mass is 253 g/mol. The Hall–Kier alpha value is -0.780. The third-order valence-electron chi connectivity index (χ3n) is 3.48. The van der Waals surface area contributed by atoms with Crippen LogP contribution in [0.4, 0.5) is 13.2 Å². The van der Waals surface area contributed by atoms with Crippen molar-refractivity contribution in [2.45, 2.75) is 32.9 Å². The molecule has 0 bridgehead atoms. The Balaban J connectivity index is 2.64. The second-order valence-electron chi connectivity index (χ2n) is 5.22. The third-order valence-corrected chi connectivity index (χ3v) is 3.48.